The van der Waals surface area contributed by atoms with E-state index >= 15 is 0 Å². The number of alkyl halides is 3. The molecule has 2 aromatic rings. The highest BCUT2D eigenvalue weighted by atomic mass is 19.4. The second-order valence-electron chi connectivity index (χ2n) is 5.68. The van der Waals surface area contributed by atoms with Crippen molar-refractivity contribution < 1.29 is 27.4 Å². The van der Waals surface area contributed by atoms with Crippen molar-refractivity contribution in [3.8, 4) is 5.88 Å². The van der Waals surface area contributed by atoms with Crippen LogP contribution in [0.5, 0.6) is 5.88 Å². The lowest BCUT2D eigenvalue weighted by molar-refractivity contribution is -0.137. The SMILES string of the molecule is O=C(c1ccc(C(F)(F)F)cc1)N1CCOCC(Oc2cnccn2)C1. The lowest BCUT2D eigenvalue weighted by Gasteiger charge is -2.24. The van der Waals surface area contributed by atoms with Crippen molar-refractivity contribution >= 4 is 5.91 Å². The summed E-state index contributed by atoms with van der Waals surface area (Å²) in [6.07, 6.45) is -0.442. The predicted molar refractivity (Wildman–Crippen MR) is 84.6 cm³/mol. The average Bonchev–Trinajstić information content (AvgIpc) is 2.87. The van der Waals surface area contributed by atoms with Gasteiger partial charge in [0.2, 0.25) is 5.88 Å². The van der Waals surface area contributed by atoms with Crippen molar-refractivity contribution in [2.45, 2.75) is 12.3 Å². The van der Waals surface area contributed by atoms with E-state index in [1.54, 1.807) is 0 Å². The third kappa shape index (κ3) is 4.48. The Bertz CT molecular complexity index is 738. The molecular weight excluding hydrogens is 351 g/mol. The van der Waals surface area contributed by atoms with Crippen molar-refractivity contribution in [1.29, 1.82) is 0 Å². The molecule has 1 unspecified atom stereocenters. The minimum atomic E-state index is -4.44. The van der Waals surface area contributed by atoms with E-state index in [-0.39, 0.29) is 24.6 Å². The number of aromatic nitrogens is 2. The molecule has 1 aliphatic rings. The van der Waals surface area contributed by atoms with Crippen LogP contribution in [0.15, 0.2) is 42.9 Å². The van der Waals surface area contributed by atoms with E-state index in [9.17, 15) is 18.0 Å². The van der Waals surface area contributed by atoms with Crippen LogP contribution in [-0.4, -0.2) is 53.2 Å². The summed E-state index contributed by atoms with van der Waals surface area (Å²) in [7, 11) is 0. The van der Waals surface area contributed by atoms with Crippen LogP contribution in [0, 0.1) is 0 Å². The predicted octanol–water partition coefficient (Wildman–Crippen LogP) is 2.42. The molecule has 1 amide bonds. The number of ether oxygens (including phenoxy) is 2. The summed E-state index contributed by atoms with van der Waals surface area (Å²) in [5.74, 6) is -0.0677. The Morgan fingerprint density at radius 2 is 2.00 bits per heavy atom. The molecule has 0 saturated carbocycles. The zero-order chi connectivity index (χ0) is 18.6. The normalized spacial score (nSPS) is 18.3. The zero-order valence-corrected chi connectivity index (χ0v) is 13.6. The maximum absolute atomic E-state index is 12.6. The van der Waals surface area contributed by atoms with Gasteiger partial charge in [-0.05, 0) is 24.3 Å². The highest BCUT2D eigenvalue weighted by Gasteiger charge is 2.31. The van der Waals surface area contributed by atoms with Gasteiger partial charge in [-0.3, -0.25) is 9.78 Å². The third-order valence-corrected chi connectivity index (χ3v) is 3.81. The Kier molecular flexibility index (Phi) is 5.36. The Hall–Kier alpha value is -2.68. The summed E-state index contributed by atoms with van der Waals surface area (Å²) >= 11 is 0. The van der Waals surface area contributed by atoms with E-state index in [1.165, 1.54) is 35.6 Å². The van der Waals surface area contributed by atoms with Gasteiger partial charge in [0.15, 0.2) is 0 Å². The maximum Gasteiger partial charge on any atom is 0.416 e. The molecule has 1 saturated heterocycles. The number of hydrogen-bond donors (Lipinski definition) is 0. The molecule has 1 aliphatic heterocycles. The number of hydrogen-bond acceptors (Lipinski definition) is 5. The summed E-state index contributed by atoms with van der Waals surface area (Å²) in [4.78, 5) is 22.0. The van der Waals surface area contributed by atoms with Crippen LogP contribution in [0.1, 0.15) is 15.9 Å². The number of halogens is 3. The Balaban J connectivity index is 1.69. The minimum absolute atomic E-state index is 0.179. The smallest absolute Gasteiger partial charge is 0.416 e. The highest BCUT2D eigenvalue weighted by molar-refractivity contribution is 5.94. The van der Waals surface area contributed by atoms with E-state index in [4.69, 9.17) is 9.47 Å². The molecular formula is C17H16F3N3O3. The van der Waals surface area contributed by atoms with Gasteiger partial charge in [0.05, 0.1) is 31.5 Å². The second-order valence-corrected chi connectivity index (χ2v) is 5.68. The first-order valence-electron chi connectivity index (χ1n) is 7.90. The fourth-order valence-electron chi connectivity index (χ4n) is 2.54. The average molecular weight is 367 g/mol. The van der Waals surface area contributed by atoms with Crippen molar-refractivity contribution in [1.82, 2.24) is 14.9 Å². The van der Waals surface area contributed by atoms with E-state index in [1.807, 2.05) is 0 Å². The van der Waals surface area contributed by atoms with Crippen LogP contribution in [0.4, 0.5) is 13.2 Å². The maximum atomic E-state index is 12.6. The van der Waals surface area contributed by atoms with Crippen LogP contribution in [0.3, 0.4) is 0 Å². The third-order valence-electron chi connectivity index (χ3n) is 3.81. The first-order chi connectivity index (χ1) is 12.4. The summed E-state index contributed by atoms with van der Waals surface area (Å²) in [6.45, 7) is 1.14. The molecule has 2 heterocycles. The zero-order valence-electron chi connectivity index (χ0n) is 13.6. The van der Waals surface area contributed by atoms with E-state index in [0.29, 0.717) is 19.0 Å². The highest BCUT2D eigenvalue weighted by Crippen LogP contribution is 2.29. The van der Waals surface area contributed by atoms with E-state index in [2.05, 4.69) is 9.97 Å². The van der Waals surface area contributed by atoms with Gasteiger partial charge in [-0.25, -0.2) is 4.98 Å². The van der Waals surface area contributed by atoms with Crippen molar-refractivity contribution in [3.05, 3.63) is 54.0 Å². The number of nitrogens with zero attached hydrogens (tertiary/aromatic N) is 3. The molecule has 1 aromatic carbocycles. The summed E-state index contributed by atoms with van der Waals surface area (Å²) in [6, 6.07) is 4.15. The number of carbonyl (C=O) groups is 1. The number of carbonyl (C=O) groups excluding carboxylic acids is 1. The van der Waals surface area contributed by atoms with Crippen LogP contribution >= 0.6 is 0 Å². The van der Waals surface area contributed by atoms with Gasteiger partial charge < -0.3 is 14.4 Å². The molecule has 26 heavy (non-hydrogen) atoms. The van der Waals surface area contributed by atoms with Gasteiger partial charge in [-0.15, -0.1) is 0 Å². The van der Waals surface area contributed by atoms with Crippen LogP contribution in [0.25, 0.3) is 0 Å². The molecule has 1 atom stereocenters. The second kappa shape index (κ2) is 7.69. The largest absolute Gasteiger partial charge is 0.469 e. The Labute approximate surface area is 147 Å². The molecule has 6 nitrogen and oxygen atoms in total. The fraction of sp³-hybridized carbons (Fsp3) is 0.353. The van der Waals surface area contributed by atoms with E-state index < -0.39 is 17.8 Å². The van der Waals surface area contributed by atoms with E-state index in [0.717, 1.165) is 12.1 Å². The van der Waals surface area contributed by atoms with Gasteiger partial charge in [-0.1, -0.05) is 0 Å². The molecule has 0 aliphatic carbocycles. The van der Waals surface area contributed by atoms with Crippen LogP contribution in [0.2, 0.25) is 0 Å². The molecule has 138 valence electrons. The standard InChI is InChI=1S/C17H16F3N3O3/c18-17(19,20)13-3-1-12(2-4-13)16(24)23-7-8-25-11-14(10-23)26-15-9-21-5-6-22-15/h1-6,9,14H,7-8,10-11H2. The van der Waals surface area contributed by atoms with Crippen molar-refractivity contribution in [3.63, 3.8) is 0 Å². The molecule has 0 bridgehead atoms. The molecule has 0 N–H and O–H groups in total. The quantitative estimate of drug-likeness (QED) is 0.834. The van der Waals surface area contributed by atoms with Crippen LogP contribution in [-0.2, 0) is 10.9 Å². The summed E-state index contributed by atoms with van der Waals surface area (Å²) < 4.78 is 49.1. The van der Waals surface area contributed by atoms with Crippen molar-refractivity contribution in [2.24, 2.45) is 0 Å². The minimum Gasteiger partial charge on any atom is -0.469 e. The molecule has 9 heteroatoms. The van der Waals surface area contributed by atoms with Gasteiger partial charge >= 0.3 is 6.18 Å². The number of benzene rings is 1. The summed E-state index contributed by atoms with van der Waals surface area (Å²) in [5, 5.41) is 0. The molecule has 3 rings (SSSR count). The molecule has 1 fully saturated rings. The Morgan fingerprint density at radius 3 is 2.65 bits per heavy atom. The molecule has 1 aromatic heterocycles. The monoisotopic (exact) mass is 367 g/mol. The van der Waals surface area contributed by atoms with Gasteiger partial charge in [0.25, 0.3) is 5.91 Å². The molecule has 0 radical (unpaired) electrons. The topological polar surface area (TPSA) is 64.6 Å². The first kappa shape index (κ1) is 18.1. The number of rotatable bonds is 3. The van der Waals surface area contributed by atoms with Crippen LogP contribution < -0.4 is 4.74 Å². The lowest BCUT2D eigenvalue weighted by atomic mass is 10.1. The fourth-order valence-corrected chi connectivity index (χ4v) is 2.54. The van der Waals surface area contributed by atoms with Gasteiger partial charge in [-0.2, -0.15) is 13.2 Å². The number of amides is 1. The van der Waals surface area contributed by atoms with Gasteiger partial charge in [0, 0.05) is 24.5 Å². The first-order valence-corrected chi connectivity index (χ1v) is 7.90. The Morgan fingerprint density at radius 1 is 1.23 bits per heavy atom. The van der Waals surface area contributed by atoms with Gasteiger partial charge in [0.1, 0.15) is 6.10 Å². The lowest BCUT2D eigenvalue weighted by Crippen LogP contribution is -2.40. The summed E-state index contributed by atoms with van der Waals surface area (Å²) in [5.41, 5.74) is -0.615. The van der Waals surface area contributed by atoms with Crippen molar-refractivity contribution in [2.75, 3.05) is 26.3 Å². The molecule has 0 spiro atoms.